The number of hydrogen-bond donors (Lipinski definition) is 1. The van der Waals surface area contributed by atoms with E-state index in [1.165, 1.54) is 31.4 Å². The molecule has 0 saturated heterocycles. The molecule has 1 saturated carbocycles. The minimum Gasteiger partial charge on any atom is -0.305 e. The highest BCUT2D eigenvalue weighted by Crippen LogP contribution is 2.28. The lowest BCUT2D eigenvalue weighted by molar-refractivity contribution is 0.172. The zero-order valence-electron chi connectivity index (χ0n) is 13.8. The fourth-order valence-corrected chi connectivity index (χ4v) is 4.40. The molecule has 1 atom stereocenters. The summed E-state index contributed by atoms with van der Waals surface area (Å²) in [6.07, 6.45) is 6.06. The largest absolute Gasteiger partial charge is 0.305 e. The highest BCUT2D eigenvalue weighted by atomic mass is 32.2. The Bertz CT molecular complexity index is 659. The quantitative estimate of drug-likeness (QED) is 0.866. The van der Waals surface area contributed by atoms with Crippen molar-refractivity contribution in [1.82, 2.24) is 9.62 Å². The minimum absolute atomic E-state index is 0.151. The van der Waals surface area contributed by atoms with Crippen LogP contribution in [0.5, 0.6) is 0 Å². The van der Waals surface area contributed by atoms with Crippen LogP contribution in [0.1, 0.15) is 37.7 Å². The first kappa shape index (κ1) is 17.9. The molecule has 1 aromatic carbocycles. The average molecular weight is 335 g/mol. The van der Waals surface area contributed by atoms with E-state index in [4.69, 9.17) is 5.26 Å². The maximum absolute atomic E-state index is 12.5. The van der Waals surface area contributed by atoms with E-state index in [2.05, 4.69) is 9.62 Å². The van der Waals surface area contributed by atoms with Crippen molar-refractivity contribution >= 4 is 10.0 Å². The smallest absolute Gasteiger partial charge is 0.240 e. The second-order valence-corrected chi connectivity index (χ2v) is 8.19. The van der Waals surface area contributed by atoms with Gasteiger partial charge in [0.15, 0.2) is 0 Å². The van der Waals surface area contributed by atoms with Gasteiger partial charge < -0.3 is 4.90 Å². The topological polar surface area (TPSA) is 73.2 Å². The van der Waals surface area contributed by atoms with Gasteiger partial charge in [-0.15, -0.1) is 0 Å². The van der Waals surface area contributed by atoms with E-state index in [0.717, 1.165) is 12.8 Å². The van der Waals surface area contributed by atoms with Gasteiger partial charge in [0, 0.05) is 12.6 Å². The van der Waals surface area contributed by atoms with Gasteiger partial charge in [-0.05, 0) is 51.1 Å². The van der Waals surface area contributed by atoms with Gasteiger partial charge >= 0.3 is 0 Å². The molecule has 5 nitrogen and oxygen atoms in total. The van der Waals surface area contributed by atoms with Crippen LogP contribution in [0.2, 0.25) is 0 Å². The molecule has 1 aliphatic rings. The molecular formula is C17H25N3O2S. The normalized spacial score (nSPS) is 17.8. The first-order valence-electron chi connectivity index (χ1n) is 8.10. The molecule has 0 bridgehead atoms. The first-order valence-corrected chi connectivity index (χ1v) is 9.58. The summed E-state index contributed by atoms with van der Waals surface area (Å²) < 4.78 is 27.7. The van der Waals surface area contributed by atoms with Gasteiger partial charge in [0.1, 0.15) is 0 Å². The summed E-state index contributed by atoms with van der Waals surface area (Å²) in [5.74, 6) is 0.534. The minimum atomic E-state index is -3.59. The molecule has 23 heavy (non-hydrogen) atoms. The number of nitrogens with zero attached hydrogens (tertiary/aromatic N) is 2. The van der Waals surface area contributed by atoms with Gasteiger partial charge in [0.25, 0.3) is 0 Å². The lowest BCUT2D eigenvalue weighted by atomic mass is 9.83. The van der Waals surface area contributed by atoms with Gasteiger partial charge in [-0.1, -0.05) is 25.3 Å². The average Bonchev–Trinajstić information content (AvgIpc) is 2.55. The number of likely N-dealkylation sites (N-methyl/N-ethyl adjacent to an activating group) is 1. The van der Waals surface area contributed by atoms with Crippen LogP contribution in [-0.4, -0.2) is 40.0 Å². The molecule has 6 heteroatoms. The summed E-state index contributed by atoms with van der Waals surface area (Å²) in [5, 5.41) is 8.92. The van der Waals surface area contributed by atoms with Crippen molar-refractivity contribution in [3.05, 3.63) is 29.8 Å². The van der Waals surface area contributed by atoms with Crippen molar-refractivity contribution in [2.45, 2.75) is 43.0 Å². The Morgan fingerprint density at radius 2 is 2.00 bits per heavy atom. The van der Waals surface area contributed by atoms with Crippen LogP contribution in [0.25, 0.3) is 0 Å². The van der Waals surface area contributed by atoms with Crippen molar-refractivity contribution in [2.75, 3.05) is 20.6 Å². The number of hydrogen-bond acceptors (Lipinski definition) is 4. The van der Waals surface area contributed by atoms with Crippen LogP contribution in [0.4, 0.5) is 0 Å². The van der Waals surface area contributed by atoms with Crippen LogP contribution in [-0.2, 0) is 10.0 Å². The highest BCUT2D eigenvalue weighted by Gasteiger charge is 2.27. The van der Waals surface area contributed by atoms with Gasteiger partial charge in [0.2, 0.25) is 10.0 Å². The zero-order valence-corrected chi connectivity index (χ0v) is 14.6. The summed E-state index contributed by atoms with van der Waals surface area (Å²) in [6, 6.07) is 8.30. The lowest BCUT2D eigenvalue weighted by Crippen LogP contribution is -2.45. The molecule has 0 aromatic heterocycles. The summed E-state index contributed by atoms with van der Waals surface area (Å²) in [7, 11) is 0.420. The van der Waals surface area contributed by atoms with Crippen molar-refractivity contribution < 1.29 is 8.42 Å². The predicted octanol–water partition coefficient (Wildman–Crippen LogP) is 2.35. The third-order valence-electron chi connectivity index (χ3n) is 4.61. The van der Waals surface area contributed by atoms with Crippen LogP contribution in [0.3, 0.4) is 0 Å². The Hall–Kier alpha value is -1.42. The molecular weight excluding hydrogens is 310 g/mol. The van der Waals surface area contributed by atoms with Gasteiger partial charge in [-0.25, -0.2) is 13.1 Å². The third-order valence-corrected chi connectivity index (χ3v) is 6.03. The molecule has 0 amide bonds. The summed E-state index contributed by atoms with van der Waals surface area (Å²) in [6.45, 7) is 0.400. The first-order chi connectivity index (χ1) is 10.9. The van der Waals surface area contributed by atoms with Gasteiger partial charge in [0.05, 0.1) is 16.5 Å². The highest BCUT2D eigenvalue weighted by molar-refractivity contribution is 7.89. The summed E-state index contributed by atoms with van der Waals surface area (Å²) >= 11 is 0. The molecule has 1 aliphatic carbocycles. The van der Waals surface area contributed by atoms with E-state index >= 15 is 0 Å². The van der Waals surface area contributed by atoms with E-state index in [1.54, 1.807) is 12.1 Å². The van der Waals surface area contributed by atoms with Crippen molar-refractivity contribution in [2.24, 2.45) is 5.92 Å². The number of nitriles is 1. The molecule has 0 spiro atoms. The third kappa shape index (κ3) is 4.77. The standard InChI is InChI=1S/C17H25N3O2S/c1-20(2)17(15-8-4-3-5-9-15)13-19-23(21,22)16-10-6-7-14(11-16)12-18/h6-7,10-11,15,17,19H,3-5,8-9,13H2,1-2H3. The Morgan fingerprint density at radius 3 is 2.61 bits per heavy atom. The van der Waals surface area contributed by atoms with Crippen LogP contribution >= 0.6 is 0 Å². The SMILES string of the molecule is CN(C)C(CNS(=O)(=O)c1cccc(C#N)c1)C1CCCCC1. The maximum atomic E-state index is 12.5. The monoisotopic (exact) mass is 335 g/mol. The molecule has 0 radical (unpaired) electrons. The molecule has 1 N–H and O–H groups in total. The maximum Gasteiger partial charge on any atom is 0.240 e. The Morgan fingerprint density at radius 1 is 1.30 bits per heavy atom. The summed E-state index contributed by atoms with van der Waals surface area (Å²) in [5.41, 5.74) is 0.351. The number of benzene rings is 1. The molecule has 1 fully saturated rings. The number of rotatable bonds is 6. The van der Waals surface area contributed by atoms with Gasteiger partial charge in [-0.2, -0.15) is 5.26 Å². The fraction of sp³-hybridized carbons (Fsp3) is 0.588. The van der Waals surface area contributed by atoms with E-state index in [9.17, 15) is 8.42 Å². The molecule has 0 heterocycles. The second kappa shape index (κ2) is 7.91. The van der Waals surface area contributed by atoms with Crippen molar-refractivity contribution in [1.29, 1.82) is 5.26 Å². The van der Waals surface area contributed by atoms with E-state index < -0.39 is 10.0 Å². The van der Waals surface area contributed by atoms with Crippen LogP contribution in [0.15, 0.2) is 29.2 Å². The van der Waals surface area contributed by atoms with Crippen LogP contribution < -0.4 is 4.72 Å². The Balaban J connectivity index is 2.08. The van der Waals surface area contributed by atoms with Crippen molar-refractivity contribution in [3.63, 3.8) is 0 Å². The molecule has 2 rings (SSSR count). The molecule has 126 valence electrons. The fourth-order valence-electron chi connectivity index (χ4n) is 3.30. The molecule has 0 aliphatic heterocycles. The Labute approximate surface area is 139 Å². The predicted molar refractivity (Wildman–Crippen MR) is 90.4 cm³/mol. The van der Waals surface area contributed by atoms with Crippen molar-refractivity contribution in [3.8, 4) is 6.07 Å². The van der Waals surface area contributed by atoms with E-state index in [1.807, 2.05) is 20.2 Å². The van der Waals surface area contributed by atoms with Crippen LogP contribution in [0, 0.1) is 17.2 Å². The summed E-state index contributed by atoms with van der Waals surface area (Å²) in [4.78, 5) is 2.27. The zero-order chi connectivity index (χ0) is 16.9. The Kier molecular flexibility index (Phi) is 6.17. The van der Waals surface area contributed by atoms with Gasteiger partial charge in [-0.3, -0.25) is 0 Å². The number of nitrogens with one attached hydrogen (secondary N) is 1. The van der Waals surface area contributed by atoms with E-state index in [-0.39, 0.29) is 10.9 Å². The van der Waals surface area contributed by atoms with E-state index in [0.29, 0.717) is 18.0 Å². The second-order valence-electron chi connectivity index (χ2n) is 6.42. The lowest BCUT2D eigenvalue weighted by Gasteiger charge is -2.34. The molecule has 1 unspecified atom stereocenters. The number of sulfonamides is 1. The molecule has 1 aromatic rings.